The van der Waals surface area contributed by atoms with Gasteiger partial charge in [-0.25, -0.2) is 9.97 Å². The average Bonchev–Trinajstić information content (AvgIpc) is 3.51. The molecule has 0 radical (unpaired) electrons. The molecule has 3 aromatic heterocycles. The number of hydrogen-bond acceptors (Lipinski definition) is 7. The zero-order valence-corrected chi connectivity index (χ0v) is 20.0. The second-order valence-corrected chi connectivity index (χ2v) is 9.43. The number of methoxy groups -OCH3 is 1. The van der Waals surface area contributed by atoms with Crippen LogP contribution in [0.4, 0.5) is 0 Å². The SMILES string of the molecule is COc1ccc(Cc2cnc([C@@H]3CCCN(C(=O)c4sc(-c5ccccn5)nc4C)C3)o2)cc1. The third kappa shape index (κ3) is 4.72. The summed E-state index contributed by atoms with van der Waals surface area (Å²) in [4.78, 5) is 29.4. The van der Waals surface area contributed by atoms with Crippen molar-refractivity contribution < 1.29 is 13.9 Å². The first-order valence-corrected chi connectivity index (χ1v) is 12.2. The minimum absolute atomic E-state index is 0.0203. The summed E-state index contributed by atoms with van der Waals surface area (Å²) in [6.45, 7) is 3.21. The second kappa shape index (κ2) is 9.77. The Hall–Kier alpha value is -3.52. The molecule has 1 aliphatic rings. The topological polar surface area (TPSA) is 81.4 Å². The number of carbonyl (C=O) groups is 1. The number of benzene rings is 1. The molecule has 8 heteroatoms. The number of aromatic nitrogens is 3. The number of amides is 1. The first-order valence-electron chi connectivity index (χ1n) is 11.4. The van der Waals surface area contributed by atoms with Gasteiger partial charge in [0.1, 0.15) is 21.4 Å². The van der Waals surface area contributed by atoms with Gasteiger partial charge in [0.2, 0.25) is 0 Å². The zero-order valence-electron chi connectivity index (χ0n) is 19.2. The van der Waals surface area contributed by atoms with Crippen LogP contribution in [0.3, 0.4) is 0 Å². The quantitative estimate of drug-likeness (QED) is 0.386. The van der Waals surface area contributed by atoms with Crippen LogP contribution in [0.2, 0.25) is 0 Å². The molecule has 1 aromatic carbocycles. The molecule has 0 bridgehead atoms. The Kier molecular flexibility index (Phi) is 6.40. The van der Waals surface area contributed by atoms with Crippen molar-refractivity contribution in [2.24, 2.45) is 0 Å². The van der Waals surface area contributed by atoms with E-state index in [4.69, 9.17) is 9.15 Å². The minimum Gasteiger partial charge on any atom is -0.497 e. The second-order valence-electron chi connectivity index (χ2n) is 8.43. The fourth-order valence-corrected chi connectivity index (χ4v) is 5.25. The molecule has 0 aliphatic carbocycles. The smallest absolute Gasteiger partial charge is 0.265 e. The largest absolute Gasteiger partial charge is 0.497 e. The molecule has 174 valence electrons. The highest BCUT2D eigenvalue weighted by atomic mass is 32.1. The molecule has 0 saturated carbocycles. The van der Waals surface area contributed by atoms with Gasteiger partial charge in [0.25, 0.3) is 5.91 Å². The maximum atomic E-state index is 13.4. The van der Waals surface area contributed by atoms with Crippen LogP contribution in [0.5, 0.6) is 5.75 Å². The van der Waals surface area contributed by atoms with Crippen molar-refractivity contribution in [2.75, 3.05) is 20.2 Å². The van der Waals surface area contributed by atoms with Crippen LogP contribution in [0.25, 0.3) is 10.7 Å². The fraction of sp³-hybridized carbons (Fsp3) is 0.308. The lowest BCUT2D eigenvalue weighted by atomic mass is 9.98. The average molecular weight is 475 g/mol. The zero-order chi connectivity index (χ0) is 23.5. The van der Waals surface area contributed by atoms with Gasteiger partial charge in [0.05, 0.1) is 30.6 Å². The number of hydrogen-bond donors (Lipinski definition) is 0. The van der Waals surface area contributed by atoms with E-state index in [1.807, 2.05) is 54.3 Å². The van der Waals surface area contributed by atoms with Crippen LogP contribution in [-0.4, -0.2) is 46.0 Å². The molecule has 1 amide bonds. The van der Waals surface area contributed by atoms with Crippen LogP contribution in [0.1, 0.15) is 51.3 Å². The Bertz CT molecular complexity index is 1270. The van der Waals surface area contributed by atoms with E-state index in [0.717, 1.165) is 52.9 Å². The fourth-order valence-electron chi connectivity index (χ4n) is 4.24. The van der Waals surface area contributed by atoms with Gasteiger partial charge in [-0.3, -0.25) is 9.78 Å². The van der Waals surface area contributed by atoms with Crippen molar-refractivity contribution in [3.63, 3.8) is 0 Å². The van der Waals surface area contributed by atoms with Gasteiger partial charge in [0.15, 0.2) is 5.89 Å². The van der Waals surface area contributed by atoms with Crippen molar-refractivity contribution >= 4 is 17.2 Å². The first-order chi connectivity index (χ1) is 16.6. The lowest BCUT2D eigenvalue weighted by molar-refractivity contribution is 0.0702. The molecule has 1 atom stereocenters. The van der Waals surface area contributed by atoms with Crippen LogP contribution in [0, 0.1) is 6.92 Å². The van der Waals surface area contributed by atoms with Crippen LogP contribution in [-0.2, 0) is 6.42 Å². The molecule has 5 rings (SSSR count). The third-order valence-corrected chi connectivity index (χ3v) is 7.21. The Morgan fingerprint density at radius 3 is 2.82 bits per heavy atom. The molecule has 4 heterocycles. The van der Waals surface area contributed by atoms with Gasteiger partial charge in [-0.1, -0.05) is 18.2 Å². The van der Waals surface area contributed by atoms with Crippen molar-refractivity contribution in [1.82, 2.24) is 19.9 Å². The molecule has 0 unspecified atom stereocenters. The molecule has 34 heavy (non-hydrogen) atoms. The van der Waals surface area contributed by atoms with Crippen molar-refractivity contribution in [1.29, 1.82) is 0 Å². The van der Waals surface area contributed by atoms with E-state index in [0.29, 0.717) is 23.7 Å². The van der Waals surface area contributed by atoms with Crippen LogP contribution < -0.4 is 4.74 Å². The van der Waals surface area contributed by atoms with Gasteiger partial charge < -0.3 is 14.1 Å². The highest BCUT2D eigenvalue weighted by Crippen LogP contribution is 2.31. The van der Waals surface area contributed by atoms with E-state index in [2.05, 4.69) is 15.0 Å². The van der Waals surface area contributed by atoms with E-state index >= 15 is 0 Å². The number of rotatable bonds is 6. The number of carbonyl (C=O) groups excluding carboxylic acids is 1. The van der Waals surface area contributed by atoms with E-state index in [1.165, 1.54) is 11.3 Å². The number of pyridine rings is 1. The summed E-state index contributed by atoms with van der Waals surface area (Å²) in [5.74, 6) is 2.47. The Morgan fingerprint density at radius 2 is 2.06 bits per heavy atom. The molecular formula is C26H26N4O3S. The van der Waals surface area contributed by atoms with E-state index in [9.17, 15) is 4.79 Å². The van der Waals surface area contributed by atoms with Gasteiger partial charge in [-0.2, -0.15) is 0 Å². The summed E-state index contributed by atoms with van der Waals surface area (Å²) in [5.41, 5.74) is 2.67. The molecule has 4 aromatic rings. The van der Waals surface area contributed by atoms with Crippen molar-refractivity contribution in [2.45, 2.75) is 32.1 Å². The van der Waals surface area contributed by atoms with Gasteiger partial charge in [-0.05, 0) is 49.6 Å². The molecule has 0 N–H and O–H groups in total. The van der Waals surface area contributed by atoms with Gasteiger partial charge in [0, 0.05) is 25.7 Å². The number of thiazole rings is 1. The van der Waals surface area contributed by atoms with E-state index in [-0.39, 0.29) is 11.8 Å². The molecule has 1 saturated heterocycles. The maximum Gasteiger partial charge on any atom is 0.265 e. The van der Waals surface area contributed by atoms with Gasteiger partial charge in [-0.15, -0.1) is 11.3 Å². The van der Waals surface area contributed by atoms with E-state index in [1.54, 1.807) is 19.5 Å². The Balaban J connectivity index is 1.27. The van der Waals surface area contributed by atoms with Crippen molar-refractivity contribution in [3.05, 3.63) is 82.6 Å². The first kappa shape index (κ1) is 22.3. The Morgan fingerprint density at radius 1 is 1.21 bits per heavy atom. The Labute approximate surface area is 202 Å². The predicted molar refractivity (Wildman–Crippen MR) is 130 cm³/mol. The van der Waals surface area contributed by atoms with Gasteiger partial charge >= 0.3 is 0 Å². The van der Waals surface area contributed by atoms with Crippen LogP contribution >= 0.6 is 11.3 Å². The molecule has 1 aliphatic heterocycles. The minimum atomic E-state index is 0.0203. The van der Waals surface area contributed by atoms with E-state index < -0.39 is 0 Å². The molecule has 7 nitrogen and oxygen atoms in total. The third-order valence-electron chi connectivity index (χ3n) is 6.04. The molecule has 1 fully saturated rings. The number of piperidine rings is 1. The standard InChI is InChI=1S/C26H26N4O3S/c1-17-23(34-25(29-17)22-7-3-4-12-27-22)26(31)30-13-5-6-19(16-30)24-28-15-21(33-24)14-18-8-10-20(32-2)11-9-18/h3-4,7-12,15,19H,5-6,13-14,16H2,1-2H3/t19-/m1/s1. The number of likely N-dealkylation sites (tertiary alicyclic amines) is 1. The lowest BCUT2D eigenvalue weighted by Crippen LogP contribution is -2.39. The number of ether oxygens (including phenoxy) is 1. The summed E-state index contributed by atoms with van der Waals surface area (Å²) in [6.07, 6.45) is 6.07. The maximum absolute atomic E-state index is 13.4. The van der Waals surface area contributed by atoms with Crippen molar-refractivity contribution in [3.8, 4) is 16.5 Å². The van der Waals surface area contributed by atoms with Crippen LogP contribution in [0.15, 0.2) is 59.3 Å². The molecule has 0 spiro atoms. The highest BCUT2D eigenvalue weighted by Gasteiger charge is 2.30. The molecular weight excluding hydrogens is 448 g/mol. The summed E-state index contributed by atoms with van der Waals surface area (Å²) < 4.78 is 11.3. The monoisotopic (exact) mass is 474 g/mol. The lowest BCUT2D eigenvalue weighted by Gasteiger charge is -2.31. The number of nitrogens with zero attached hydrogens (tertiary/aromatic N) is 4. The number of aryl methyl sites for hydroxylation is 1. The summed E-state index contributed by atoms with van der Waals surface area (Å²) in [5, 5.41) is 0.769. The summed E-state index contributed by atoms with van der Waals surface area (Å²) in [6, 6.07) is 13.6. The normalized spacial score (nSPS) is 15.9. The number of oxazole rings is 1. The summed E-state index contributed by atoms with van der Waals surface area (Å²) >= 11 is 1.41. The highest BCUT2D eigenvalue weighted by molar-refractivity contribution is 7.17. The summed E-state index contributed by atoms with van der Waals surface area (Å²) in [7, 11) is 1.66. The predicted octanol–water partition coefficient (Wildman–Crippen LogP) is 5.12.